The molecule has 0 amide bonds. The SMILES string of the molecule is CCCN(CCC)CCSc1nc(O)c(C(C)C)c(=O)[nH]1.[Cl-]. The van der Waals surface area contributed by atoms with Crippen molar-refractivity contribution >= 4 is 11.8 Å². The van der Waals surface area contributed by atoms with Crippen LogP contribution in [0, 0.1) is 0 Å². The van der Waals surface area contributed by atoms with Gasteiger partial charge in [0.1, 0.15) is 0 Å². The third kappa shape index (κ3) is 6.58. The van der Waals surface area contributed by atoms with Crippen LogP contribution in [0.15, 0.2) is 9.95 Å². The fourth-order valence-electron chi connectivity index (χ4n) is 2.28. The molecule has 0 spiro atoms. The van der Waals surface area contributed by atoms with Crippen LogP contribution < -0.4 is 18.0 Å². The van der Waals surface area contributed by atoms with Crippen molar-refractivity contribution in [2.24, 2.45) is 0 Å². The van der Waals surface area contributed by atoms with E-state index in [2.05, 4.69) is 28.7 Å². The van der Waals surface area contributed by atoms with E-state index in [0.717, 1.165) is 38.2 Å². The van der Waals surface area contributed by atoms with Crippen molar-refractivity contribution < 1.29 is 17.5 Å². The van der Waals surface area contributed by atoms with Gasteiger partial charge in [-0.3, -0.25) is 4.79 Å². The molecule has 0 radical (unpaired) electrons. The maximum Gasteiger partial charge on any atom is 0.258 e. The highest BCUT2D eigenvalue weighted by Gasteiger charge is 2.14. The third-order valence-corrected chi connectivity index (χ3v) is 4.07. The second-order valence-corrected chi connectivity index (χ2v) is 6.54. The number of halogens is 1. The first kappa shape index (κ1) is 21.3. The van der Waals surface area contributed by atoms with Gasteiger partial charge < -0.3 is 27.4 Å². The standard InChI is InChI=1S/C15H27N3O2S.ClH/c1-5-7-18(8-6-2)9-10-21-15-16-13(19)12(11(3)4)14(20)17-15;/h11H,5-10H2,1-4H3,(H2,16,17,19,20);1H/p-1. The van der Waals surface area contributed by atoms with Crippen molar-refractivity contribution in [3.8, 4) is 5.88 Å². The highest BCUT2D eigenvalue weighted by molar-refractivity contribution is 7.99. The molecule has 2 N–H and O–H groups in total. The van der Waals surface area contributed by atoms with Gasteiger partial charge in [-0.2, -0.15) is 4.98 Å². The molecule has 0 saturated heterocycles. The number of nitrogens with one attached hydrogen (secondary N) is 1. The first-order valence-electron chi connectivity index (χ1n) is 7.67. The topological polar surface area (TPSA) is 69.2 Å². The Labute approximate surface area is 143 Å². The lowest BCUT2D eigenvalue weighted by atomic mass is 10.1. The number of aromatic hydroxyl groups is 1. The normalized spacial score (nSPS) is 11.0. The molecule has 1 aromatic rings. The average molecular weight is 349 g/mol. The number of hydrogen-bond donors (Lipinski definition) is 2. The molecule has 0 aliphatic carbocycles. The maximum atomic E-state index is 11.9. The van der Waals surface area contributed by atoms with Gasteiger partial charge in [0.15, 0.2) is 5.16 Å². The molecule has 1 rings (SSSR count). The highest BCUT2D eigenvalue weighted by Crippen LogP contribution is 2.21. The lowest BCUT2D eigenvalue weighted by molar-refractivity contribution is -0.00000604. The lowest BCUT2D eigenvalue weighted by Gasteiger charge is -2.20. The molecule has 0 bridgehead atoms. The summed E-state index contributed by atoms with van der Waals surface area (Å²) in [7, 11) is 0. The van der Waals surface area contributed by atoms with E-state index in [1.165, 1.54) is 11.8 Å². The lowest BCUT2D eigenvalue weighted by Crippen LogP contribution is -3.00. The van der Waals surface area contributed by atoms with E-state index in [4.69, 9.17) is 0 Å². The van der Waals surface area contributed by atoms with Crippen LogP contribution >= 0.6 is 11.8 Å². The average Bonchev–Trinajstić information content (AvgIpc) is 2.37. The Morgan fingerprint density at radius 1 is 1.23 bits per heavy atom. The second-order valence-electron chi connectivity index (χ2n) is 5.45. The Morgan fingerprint density at radius 3 is 2.27 bits per heavy atom. The van der Waals surface area contributed by atoms with Crippen molar-refractivity contribution in [3.63, 3.8) is 0 Å². The summed E-state index contributed by atoms with van der Waals surface area (Å²) in [6.07, 6.45) is 2.28. The zero-order valence-electron chi connectivity index (χ0n) is 13.9. The summed E-state index contributed by atoms with van der Waals surface area (Å²) in [5.41, 5.74) is 0.122. The first-order chi connectivity index (χ1) is 9.99. The van der Waals surface area contributed by atoms with Gasteiger partial charge in [-0.25, -0.2) is 0 Å². The Morgan fingerprint density at radius 2 is 1.82 bits per heavy atom. The van der Waals surface area contributed by atoms with E-state index in [-0.39, 0.29) is 29.8 Å². The van der Waals surface area contributed by atoms with Crippen molar-refractivity contribution in [3.05, 3.63) is 15.9 Å². The molecule has 22 heavy (non-hydrogen) atoms. The van der Waals surface area contributed by atoms with Crippen LogP contribution in [-0.4, -0.2) is 45.4 Å². The third-order valence-electron chi connectivity index (χ3n) is 3.22. The van der Waals surface area contributed by atoms with E-state index in [1.807, 2.05) is 13.8 Å². The molecule has 1 heterocycles. The number of thioether (sulfide) groups is 1. The number of H-pyrrole nitrogens is 1. The number of aromatic amines is 1. The summed E-state index contributed by atoms with van der Waals surface area (Å²) in [5, 5.41) is 10.4. The van der Waals surface area contributed by atoms with E-state index >= 15 is 0 Å². The van der Waals surface area contributed by atoms with E-state index < -0.39 is 0 Å². The summed E-state index contributed by atoms with van der Waals surface area (Å²) < 4.78 is 0. The van der Waals surface area contributed by atoms with Gasteiger partial charge in [-0.15, -0.1) is 0 Å². The largest absolute Gasteiger partial charge is 1.00 e. The molecule has 0 saturated carbocycles. The maximum absolute atomic E-state index is 11.9. The molecule has 128 valence electrons. The van der Waals surface area contributed by atoms with Crippen molar-refractivity contribution in [1.29, 1.82) is 0 Å². The number of aromatic nitrogens is 2. The van der Waals surface area contributed by atoms with Crippen LogP contribution in [0.25, 0.3) is 0 Å². The minimum Gasteiger partial charge on any atom is -1.00 e. The molecule has 0 unspecified atom stereocenters. The zero-order valence-corrected chi connectivity index (χ0v) is 15.4. The molecule has 1 aromatic heterocycles. The highest BCUT2D eigenvalue weighted by atomic mass is 35.5. The molecule has 0 atom stereocenters. The number of hydrogen-bond acceptors (Lipinski definition) is 5. The molecule has 7 heteroatoms. The van der Waals surface area contributed by atoms with Gasteiger partial charge in [0.05, 0.1) is 5.56 Å². The van der Waals surface area contributed by atoms with Crippen molar-refractivity contribution in [1.82, 2.24) is 14.9 Å². The first-order valence-corrected chi connectivity index (χ1v) is 8.66. The molecule has 0 aromatic carbocycles. The molecule has 5 nitrogen and oxygen atoms in total. The quantitative estimate of drug-likeness (QED) is 0.478. The van der Waals surface area contributed by atoms with Gasteiger partial charge in [0.25, 0.3) is 5.56 Å². The Kier molecular flexibility index (Phi) is 10.6. The second kappa shape index (κ2) is 10.9. The fraction of sp³-hybridized carbons (Fsp3) is 0.733. The van der Waals surface area contributed by atoms with Crippen LogP contribution in [0.5, 0.6) is 5.88 Å². The van der Waals surface area contributed by atoms with Gasteiger partial charge >= 0.3 is 0 Å². The summed E-state index contributed by atoms with van der Waals surface area (Å²) >= 11 is 1.48. The van der Waals surface area contributed by atoms with Crippen LogP contribution in [0.1, 0.15) is 52.0 Å². The molecular weight excluding hydrogens is 322 g/mol. The Bertz CT molecular complexity index is 488. The van der Waals surface area contributed by atoms with Gasteiger partial charge in [0, 0.05) is 12.3 Å². The number of rotatable bonds is 9. The van der Waals surface area contributed by atoms with Crippen LogP contribution in [0.2, 0.25) is 0 Å². The molecule has 0 fully saturated rings. The predicted octanol–water partition coefficient (Wildman–Crippen LogP) is -0.183. The van der Waals surface area contributed by atoms with Crippen molar-refractivity contribution in [2.75, 3.05) is 25.4 Å². The molecular formula is C15H27ClN3O2S-. The Hall–Kier alpha value is -0.720. The minimum atomic E-state index is -0.237. The zero-order chi connectivity index (χ0) is 15.8. The van der Waals surface area contributed by atoms with Crippen LogP contribution in [0.3, 0.4) is 0 Å². The van der Waals surface area contributed by atoms with Crippen LogP contribution in [0.4, 0.5) is 0 Å². The predicted molar refractivity (Wildman–Crippen MR) is 88.4 cm³/mol. The molecule has 0 aliphatic rings. The fourth-order valence-corrected chi connectivity index (χ4v) is 3.14. The summed E-state index contributed by atoms with van der Waals surface area (Å²) in [6, 6.07) is 0. The van der Waals surface area contributed by atoms with Gasteiger partial charge in [-0.05, 0) is 31.8 Å². The summed E-state index contributed by atoms with van der Waals surface area (Å²) in [4.78, 5) is 21.2. The van der Waals surface area contributed by atoms with E-state index in [9.17, 15) is 9.90 Å². The van der Waals surface area contributed by atoms with E-state index in [0.29, 0.717) is 10.7 Å². The Balaban J connectivity index is 0.00000441. The smallest absolute Gasteiger partial charge is 0.258 e. The van der Waals surface area contributed by atoms with Gasteiger partial charge in [0.2, 0.25) is 5.88 Å². The summed E-state index contributed by atoms with van der Waals surface area (Å²) in [6.45, 7) is 11.2. The minimum absolute atomic E-state index is 0. The van der Waals surface area contributed by atoms with Crippen LogP contribution in [-0.2, 0) is 0 Å². The van der Waals surface area contributed by atoms with E-state index in [1.54, 1.807) is 0 Å². The van der Waals surface area contributed by atoms with Gasteiger partial charge in [-0.1, -0.05) is 39.5 Å². The summed E-state index contributed by atoms with van der Waals surface area (Å²) in [5.74, 6) is 0.670. The molecule has 0 aliphatic heterocycles. The van der Waals surface area contributed by atoms with Crippen molar-refractivity contribution in [2.45, 2.75) is 51.6 Å². The number of nitrogens with zero attached hydrogens (tertiary/aromatic N) is 2. The monoisotopic (exact) mass is 348 g/mol.